The molecule has 0 aliphatic carbocycles. The van der Waals surface area contributed by atoms with E-state index in [9.17, 15) is 9.59 Å². The van der Waals surface area contributed by atoms with E-state index in [-0.39, 0.29) is 17.7 Å². The molecule has 0 spiro atoms. The third kappa shape index (κ3) is 3.03. The van der Waals surface area contributed by atoms with Crippen molar-refractivity contribution in [3.8, 4) is 5.75 Å². The smallest absolute Gasteiger partial charge is 0.283 e. The van der Waals surface area contributed by atoms with E-state index >= 15 is 0 Å². The summed E-state index contributed by atoms with van der Waals surface area (Å²) in [6, 6.07) is 10.8. The molecule has 0 unspecified atom stereocenters. The number of aromatic nitrogens is 2. The molecule has 2 N–H and O–H groups in total. The van der Waals surface area contributed by atoms with E-state index in [2.05, 4.69) is 9.97 Å². The van der Waals surface area contributed by atoms with Gasteiger partial charge in [0.25, 0.3) is 11.8 Å². The van der Waals surface area contributed by atoms with Gasteiger partial charge in [0.1, 0.15) is 17.5 Å². The predicted molar refractivity (Wildman–Crippen MR) is 92.7 cm³/mol. The zero-order valence-electron chi connectivity index (χ0n) is 13.1. The van der Waals surface area contributed by atoms with Gasteiger partial charge >= 0.3 is 0 Å². The Kier molecular flexibility index (Phi) is 3.81. The second-order valence-corrected chi connectivity index (χ2v) is 6.71. The first-order valence-corrected chi connectivity index (χ1v) is 8.49. The number of carbonyl (C=O) groups is 2. The van der Waals surface area contributed by atoms with Gasteiger partial charge in [0, 0.05) is 12.3 Å². The maximum Gasteiger partial charge on any atom is 0.283 e. The molecule has 1 aliphatic heterocycles. The van der Waals surface area contributed by atoms with Crippen LogP contribution in [0.15, 0.2) is 42.6 Å². The third-order valence-electron chi connectivity index (χ3n) is 3.90. The molecule has 7 nitrogen and oxygen atoms in total. The molecule has 1 fully saturated rings. The number of thiazole rings is 1. The Labute approximate surface area is 147 Å². The summed E-state index contributed by atoms with van der Waals surface area (Å²) >= 11 is 1.39. The van der Waals surface area contributed by atoms with Crippen molar-refractivity contribution in [2.24, 2.45) is 5.73 Å². The first-order chi connectivity index (χ1) is 12.1. The molecule has 2 amide bonds. The van der Waals surface area contributed by atoms with Crippen LogP contribution in [0.3, 0.4) is 0 Å². The first-order valence-electron chi connectivity index (χ1n) is 7.67. The van der Waals surface area contributed by atoms with Gasteiger partial charge in [0.15, 0.2) is 5.01 Å². The van der Waals surface area contributed by atoms with Crippen molar-refractivity contribution in [1.82, 2.24) is 14.9 Å². The lowest BCUT2D eigenvalue weighted by molar-refractivity contribution is 0.0177. The van der Waals surface area contributed by atoms with Crippen molar-refractivity contribution < 1.29 is 14.3 Å². The molecule has 8 heteroatoms. The van der Waals surface area contributed by atoms with Crippen molar-refractivity contribution in [3.63, 3.8) is 0 Å². The van der Waals surface area contributed by atoms with Crippen molar-refractivity contribution in [2.75, 3.05) is 13.1 Å². The van der Waals surface area contributed by atoms with Crippen LogP contribution >= 0.6 is 11.3 Å². The summed E-state index contributed by atoms with van der Waals surface area (Å²) in [4.78, 5) is 33.6. The quantitative estimate of drug-likeness (QED) is 0.769. The molecule has 126 valence electrons. The topological polar surface area (TPSA) is 98.4 Å². The van der Waals surface area contributed by atoms with Crippen LogP contribution in [0.2, 0.25) is 0 Å². The standard InChI is InChI=1S/C17H14N4O3S/c18-15(22)13-7-10(5-6-19-13)24-11-8-21(9-11)17(23)16-20-12-3-1-2-4-14(12)25-16/h1-7,11H,8-9H2,(H2,18,22). The molecule has 4 rings (SSSR count). The fraction of sp³-hybridized carbons (Fsp3) is 0.176. The molecule has 25 heavy (non-hydrogen) atoms. The molecule has 1 aliphatic rings. The van der Waals surface area contributed by atoms with Crippen LogP contribution in [-0.4, -0.2) is 45.9 Å². The summed E-state index contributed by atoms with van der Waals surface area (Å²) in [5, 5.41) is 0.486. The minimum atomic E-state index is -0.605. The maximum absolute atomic E-state index is 12.5. The van der Waals surface area contributed by atoms with Gasteiger partial charge in [-0.1, -0.05) is 12.1 Å². The van der Waals surface area contributed by atoms with E-state index < -0.39 is 5.91 Å². The van der Waals surface area contributed by atoms with Crippen LogP contribution in [0.4, 0.5) is 0 Å². The van der Waals surface area contributed by atoms with Crippen LogP contribution < -0.4 is 10.5 Å². The number of rotatable bonds is 4. The molecule has 1 aromatic carbocycles. The molecule has 0 saturated carbocycles. The first kappa shape index (κ1) is 15.5. The number of nitrogens with zero attached hydrogens (tertiary/aromatic N) is 3. The van der Waals surface area contributed by atoms with E-state index in [1.165, 1.54) is 23.6 Å². The summed E-state index contributed by atoms with van der Waals surface area (Å²) in [6.07, 6.45) is 1.35. The second kappa shape index (κ2) is 6.14. The molecule has 3 heterocycles. The van der Waals surface area contributed by atoms with Crippen molar-refractivity contribution in [1.29, 1.82) is 0 Å². The number of pyridine rings is 1. The van der Waals surface area contributed by atoms with Crippen LogP contribution in [0.25, 0.3) is 10.2 Å². The average molecular weight is 354 g/mol. The highest BCUT2D eigenvalue weighted by molar-refractivity contribution is 7.20. The zero-order chi connectivity index (χ0) is 17.4. The highest BCUT2D eigenvalue weighted by Gasteiger charge is 2.34. The van der Waals surface area contributed by atoms with Crippen molar-refractivity contribution in [3.05, 3.63) is 53.3 Å². The van der Waals surface area contributed by atoms with Gasteiger partial charge in [-0.3, -0.25) is 14.6 Å². The van der Waals surface area contributed by atoms with E-state index in [0.29, 0.717) is 23.8 Å². The number of hydrogen-bond acceptors (Lipinski definition) is 6. The van der Waals surface area contributed by atoms with E-state index in [4.69, 9.17) is 10.5 Å². The fourth-order valence-corrected chi connectivity index (χ4v) is 3.52. The predicted octanol–water partition coefficient (Wildman–Crippen LogP) is 1.69. The molecule has 1 saturated heterocycles. The summed E-state index contributed by atoms with van der Waals surface area (Å²) in [6.45, 7) is 0.950. The van der Waals surface area contributed by atoms with E-state index in [1.54, 1.807) is 11.0 Å². The van der Waals surface area contributed by atoms with Gasteiger partial charge in [-0.05, 0) is 18.2 Å². The summed E-state index contributed by atoms with van der Waals surface area (Å²) < 4.78 is 6.75. The highest BCUT2D eigenvalue weighted by atomic mass is 32.1. The number of benzene rings is 1. The van der Waals surface area contributed by atoms with Gasteiger partial charge in [-0.15, -0.1) is 11.3 Å². The molecular formula is C17H14N4O3S. The zero-order valence-corrected chi connectivity index (χ0v) is 13.9. The summed E-state index contributed by atoms with van der Waals surface area (Å²) in [7, 11) is 0. The number of nitrogens with two attached hydrogens (primary N) is 1. The minimum Gasteiger partial charge on any atom is -0.487 e. The van der Waals surface area contributed by atoms with Crippen molar-refractivity contribution in [2.45, 2.75) is 6.10 Å². The Morgan fingerprint density at radius 3 is 2.80 bits per heavy atom. The largest absolute Gasteiger partial charge is 0.487 e. The van der Waals surface area contributed by atoms with Crippen LogP contribution in [0.1, 0.15) is 20.3 Å². The number of primary amides is 1. The van der Waals surface area contributed by atoms with Crippen LogP contribution in [-0.2, 0) is 0 Å². The SMILES string of the molecule is NC(=O)c1cc(OC2CN(C(=O)c3nc4ccccc4s3)C2)ccn1. The lowest BCUT2D eigenvalue weighted by atomic mass is 10.1. The third-order valence-corrected chi connectivity index (χ3v) is 4.92. The number of amides is 2. The average Bonchev–Trinajstić information content (AvgIpc) is 3.01. The van der Waals surface area contributed by atoms with Crippen molar-refractivity contribution >= 4 is 33.4 Å². The Morgan fingerprint density at radius 2 is 2.04 bits per heavy atom. The molecule has 2 aromatic heterocycles. The Morgan fingerprint density at radius 1 is 1.24 bits per heavy atom. The monoisotopic (exact) mass is 354 g/mol. The van der Waals surface area contributed by atoms with Gasteiger partial charge in [0.05, 0.1) is 23.3 Å². The number of ether oxygens (including phenoxy) is 1. The molecule has 0 atom stereocenters. The van der Waals surface area contributed by atoms with Gasteiger partial charge in [0.2, 0.25) is 0 Å². The van der Waals surface area contributed by atoms with E-state index in [1.807, 2.05) is 24.3 Å². The molecule has 3 aromatic rings. The lowest BCUT2D eigenvalue weighted by Gasteiger charge is -2.38. The molecule has 0 bridgehead atoms. The highest BCUT2D eigenvalue weighted by Crippen LogP contribution is 2.25. The van der Waals surface area contributed by atoms with Crippen LogP contribution in [0.5, 0.6) is 5.75 Å². The lowest BCUT2D eigenvalue weighted by Crippen LogP contribution is -2.56. The minimum absolute atomic E-state index is 0.0893. The second-order valence-electron chi connectivity index (χ2n) is 5.68. The number of carbonyl (C=O) groups excluding carboxylic acids is 2. The Bertz CT molecular complexity index is 932. The number of fused-ring (bicyclic) bond motifs is 1. The number of hydrogen-bond donors (Lipinski definition) is 1. The number of para-hydroxylation sites is 1. The Hall–Kier alpha value is -3.00. The Balaban J connectivity index is 1.39. The number of likely N-dealkylation sites (tertiary alicyclic amines) is 1. The maximum atomic E-state index is 12.5. The normalized spacial score (nSPS) is 14.3. The van der Waals surface area contributed by atoms with E-state index in [0.717, 1.165) is 10.2 Å². The fourth-order valence-electron chi connectivity index (χ4n) is 2.59. The summed E-state index contributed by atoms with van der Waals surface area (Å²) in [5.41, 5.74) is 6.19. The van der Waals surface area contributed by atoms with Gasteiger partial charge in [-0.25, -0.2) is 4.98 Å². The van der Waals surface area contributed by atoms with Gasteiger partial charge < -0.3 is 15.4 Å². The molecule has 0 radical (unpaired) electrons. The summed E-state index contributed by atoms with van der Waals surface area (Å²) in [5.74, 6) is -0.179. The molecular weight excluding hydrogens is 340 g/mol. The van der Waals surface area contributed by atoms with Crippen LogP contribution in [0, 0.1) is 0 Å². The van der Waals surface area contributed by atoms with Gasteiger partial charge in [-0.2, -0.15) is 0 Å².